The van der Waals surface area contributed by atoms with E-state index in [1.54, 1.807) is 0 Å². The van der Waals surface area contributed by atoms with Gasteiger partial charge < -0.3 is 10.6 Å². The first-order chi connectivity index (χ1) is 10.8. The average molecular weight is 293 g/mol. The zero-order valence-electron chi connectivity index (χ0n) is 12.4. The Kier molecular flexibility index (Phi) is 3.12. The summed E-state index contributed by atoms with van der Waals surface area (Å²) in [4.78, 5) is 14.4. The van der Waals surface area contributed by atoms with Crippen LogP contribution in [0.3, 0.4) is 0 Å². The molecule has 4 heteroatoms. The molecule has 112 valence electrons. The molecular formula is C18H19N3O. The monoisotopic (exact) mass is 293 g/mol. The zero-order valence-corrected chi connectivity index (χ0v) is 12.4. The molecule has 0 radical (unpaired) electrons. The summed E-state index contributed by atoms with van der Waals surface area (Å²) in [5.41, 5.74) is 3.19. The maximum absolute atomic E-state index is 12.0. The minimum Gasteiger partial charge on any atom is -0.327 e. The van der Waals surface area contributed by atoms with Gasteiger partial charge in [-0.15, -0.1) is 0 Å². The van der Waals surface area contributed by atoms with Crippen molar-refractivity contribution in [3.63, 3.8) is 0 Å². The topological polar surface area (TPSA) is 44.4 Å². The second-order valence-corrected chi connectivity index (χ2v) is 6.15. The van der Waals surface area contributed by atoms with Gasteiger partial charge in [-0.2, -0.15) is 0 Å². The Morgan fingerprint density at radius 1 is 1.05 bits per heavy atom. The lowest BCUT2D eigenvalue weighted by Crippen LogP contribution is -2.53. The number of likely N-dealkylation sites (tertiary alicyclic amines) is 1. The van der Waals surface area contributed by atoms with Crippen LogP contribution < -0.4 is 10.6 Å². The Balaban J connectivity index is 1.60. The summed E-state index contributed by atoms with van der Waals surface area (Å²) in [5, 5.41) is 6.08. The summed E-state index contributed by atoms with van der Waals surface area (Å²) in [7, 11) is 0. The molecule has 2 amide bonds. The fraction of sp³-hybridized carbons (Fsp3) is 0.278. The smallest absolute Gasteiger partial charge is 0.319 e. The van der Waals surface area contributed by atoms with Crippen LogP contribution in [0.5, 0.6) is 0 Å². The van der Waals surface area contributed by atoms with Gasteiger partial charge in [0.1, 0.15) is 0 Å². The molecule has 2 aromatic rings. The zero-order chi connectivity index (χ0) is 15.0. The summed E-state index contributed by atoms with van der Waals surface area (Å²) in [6.45, 7) is 2.77. The van der Waals surface area contributed by atoms with Crippen LogP contribution in [0.25, 0.3) is 0 Å². The maximum Gasteiger partial charge on any atom is 0.319 e. The van der Waals surface area contributed by atoms with Crippen molar-refractivity contribution in [2.45, 2.75) is 18.5 Å². The van der Waals surface area contributed by atoms with Gasteiger partial charge in [0.2, 0.25) is 0 Å². The number of benzene rings is 2. The van der Waals surface area contributed by atoms with E-state index in [1.807, 2.05) is 24.3 Å². The Morgan fingerprint density at radius 2 is 1.82 bits per heavy atom. The van der Waals surface area contributed by atoms with Gasteiger partial charge in [-0.1, -0.05) is 48.5 Å². The van der Waals surface area contributed by atoms with E-state index in [-0.39, 0.29) is 11.6 Å². The van der Waals surface area contributed by atoms with E-state index < -0.39 is 0 Å². The molecule has 2 N–H and O–H groups in total. The number of amides is 2. The minimum atomic E-state index is -0.256. The SMILES string of the molecule is O=C1Nc2ccccc2[C@]2(CCN(Cc3ccccc3)C2)N1. The second kappa shape index (κ2) is 5.14. The van der Waals surface area contributed by atoms with Crippen molar-refractivity contribution in [3.05, 3.63) is 65.7 Å². The number of fused-ring (bicyclic) bond motifs is 2. The van der Waals surface area contributed by atoms with E-state index in [2.05, 4.69) is 45.9 Å². The molecule has 2 aliphatic heterocycles. The molecule has 0 unspecified atom stereocenters. The molecule has 1 atom stereocenters. The fourth-order valence-corrected chi connectivity index (χ4v) is 3.63. The third-order valence-corrected chi connectivity index (χ3v) is 4.64. The molecule has 1 saturated heterocycles. The standard InChI is InChI=1S/C18H19N3O/c22-17-19-16-9-5-4-8-15(16)18(20-17)10-11-21(13-18)12-14-6-2-1-3-7-14/h1-9H,10-13H2,(H2,19,20,22)/t18-/m1/s1. The van der Waals surface area contributed by atoms with Crippen molar-refractivity contribution in [2.24, 2.45) is 0 Å². The van der Waals surface area contributed by atoms with Crippen molar-refractivity contribution in [1.82, 2.24) is 10.2 Å². The average Bonchev–Trinajstić information content (AvgIpc) is 2.91. The predicted octanol–water partition coefficient (Wildman–Crippen LogP) is 2.92. The molecule has 22 heavy (non-hydrogen) atoms. The molecule has 0 aromatic heterocycles. The summed E-state index contributed by atoms with van der Waals surface area (Å²) in [6.07, 6.45) is 0.949. The Labute approximate surface area is 130 Å². The van der Waals surface area contributed by atoms with Crippen molar-refractivity contribution < 1.29 is 4.79 Å². The third kappa shape index (κ3) is 2.25. The highest BCUT2D eigenvalue weighted by Crippen LogP contribution is 2.39. The highest BCUT2D eigenvalue weighted by Gasteiger charge is 2.44. The van der Waals surface area contributed by atoms with Crippen LogP contribution in [0.1, 0.15) is 17.5 Å². The fourth-order valence-electron chi connectivity index (χ4n) is 3.63. The molecule has 2 aliphatic rings. The van der Waals surface area contributed by atoms with Crippen LogP contribution in [0, 0.1) is 0 Å². The molecule has 0 saturated carbocycles. The molecule has 0 bridgehead atoms. The van der Waals surface area contributed by atoms with Gasteiger partial charge in [0.15, 0.2) is 0 Å². The number of nitrogens with zero attached hydrogens (tertiary/aromatic N) is 1. The number of para-hydroxylation sites is 1. The first-order valence-corrected chi connectivity index (χ1v) is 7.70. The van der Waals surface area contributed by atoms with Crippen LogP contribution in [0.2, 0.25) is 0 Å². The number of hydrogen-bond donors (Lipinski definition) is 2. The molecule has 1 fully saturated rings. The largest absolute Gasteiger partial charge is 0.327 e. The van der Waals surface area contributed by atoms with Crippen molar-refractivity contribution in [1.29, 1.82) is 0 Å². The molecule has 2 heterocycles. The molecule has 0 aliphatic carbocycles. The minimum absolute atomic E-state index is 0.0970. The van der Waals surface area contributed by atoms with E-state index >= 15 is 0 Å². The van der Waals surface area contributed by atoms with Crippen molar-refractivity contribution in [2.75, 3.05) is 18.4 Å². The van der Waals surface area contributed by atoms with Gasteiger partial charge >= 0.3 is 6.03 Å². The Morgan fingerprint density at radius 3 is 2.68 bits per heavy atom. The number of carbonyl (C=O) groups is 1. The highest BCUT2D eigenvalue weighted by atomic mass is 16.2. The third-order valence-electron chi connectivity index (χ3n) is 4.64. The van der Waals surface area contributed by atoms with Crippen LogP contribution >= 0.6 is 0 Å². The summed E-state index contributed by atoms with van der Waals surface area (Å²) in [5.74, 6) is 0. The van der Waals surface area contributed by atoms with Gasteiger partial charge in [0, 0.05) is 30.9 Å². The van der Waals surface area contributed by atoms with Crippen LogP contribution in [-0.4, -0.2) is 24.0 Å². The van der Waals surface area contributed by atoms with E-state index in [0.717, 1.165) is 31.7 Å². The van der Waals surface area contributed by atoms with Gasteiger partial charge in [0.25, 0.3) is 0 Å². The van der Waals surface area contributed by atoms with Crippen molar-refractivity contribution >= 4 is 11.7 Å². The van der Waals surface area contributed by atoms with Crippen LogP contribution in [-0.2, 0) is 12.1 Å². The molecule has 4 nitrogen and oxygen atoms in total. The molecule has 4 rings (SSSR count). The number of carbonyl (C=O) groups excluding carboxylic acids is 1. The normalized spacial score (nSPS) is 23.9. The van der Waals surface area contributed by atoms with Crippen molar-refractivity contribution in [3.8, 4) is 0 Å². The lowest BCUT2D eigenvalue weighted by atomic mass is 9.86. The van der Waals surface area contributed by atoms with E-state index in [9.17, 15) is 4.79 Å². The number of hydrogen-bond acceptors (Lipinski definition) is 2. The molecule has 1 spiro atoms. The number of anilines is 1. The maximum atomic E-state index is 12.0. The van der Waals surface area contributed by atoms with Crippen LogP contribution in [0.15, 0.2) is 54.6 Å². The summed E-state index contributed by atoms with van der Waals surface area (Å²) >= 11 is 0. The lowest BCUT2D eigenvalue weighted by molar-refractivity contribution is 0.229. The predicted molar refractivity (Wildman–Crippen MR) is 86.6 cm³/mol. The Hall–Kier alpha value is -2.33. The van der Waals surface area contributed by atoms with Gasteiger partial charge in [-0.3, -0.25) is 4.90 Å². The van der Waals surface area contributed by atoms with Gasteiger partial charge in [-0.05, 0) is 18.1 Å². The summed E-state index contributed by atoms with van der Waals surface area (Å²) < 4.78 is 0. The quantitative estimate of drug-likeness (QED) is 0.894. The summed E-state index contributed by atoms with van der Waals surface area (Å²) in [6, 6.07) is 18.5. The Bertz CT molecular complexity index is 700. The van der Waals surface area contributed by atoms with E-state index in [4.69, 9.17) is 0 Å². The second-order valence-electron chi connectivity index (χ2n) is 6.15. The van der Waals surface area contributed by atoms with E-state index in [0.29, 0.717) is 0 Å². The van der Waals surface area contributed by atoms with Crippen LogP contribution in [0.4, 0.5) is 10.5 Å². The van der Waals surface area contributed by atoms with Gasteiger partial charge in [-0.25, -0.2) is 4.79 Å². The lowest BCUT2D eigenvalue weighted by Gasteiger charge is -2.37. The van der Waals surface area contributed by atoms with E-state index in [1.165, 1.54) is 11.1 Å². The molecular weight excluding hydrogens is 274 g/mol. The first-order valence-electron chi connectivity index (χ1n) is 7.70. The number of nitrogens with one attached hydrogen (secondary N) is 2. The first kappa shape index (κ1) is 13.3. The number of rotatable bonds is 2. The molecule has 2 aromatic carbocycles. The highest BCUT2D eigenvalue weighted by molar-refractivity contribution is 5.93. The van der Waals surface area contributed by atoms with Gasteiger partial charge in [0.05, 0.1) is 5.54 Å². The number of urea groups is 1.